The number of nitrogens with one attached hydrogen (secondary N) is 1. The third-order valence-corrected chi connectivity index (χ3v) is 4.25. The van der Waals surface area contributed by atoms with E-state index in [0.29, 0.717) is 12.5 Å². The highest BCUT2D eigenvalue weighted by Crippen LogP contribution is 2.23. The molecule has 1 aromatic heterocycles. The number of nitrogens with zero attached hydrogens (tertiary/aromatic N) is 3. The Morgan fingerprint density at radius 2 is 2.05 bits per heavy atom. The molecular formula is C16H28N4O2. The number of hydrogen-bond acceptors (Lipinski definition) is 4. The largest absolute Gasteiger partial charge is 0.396 e. The highest BCUT2D eigenvalue weighted by atomic mass is 16.3. The molecule has 0 spiro atoms. The molecule has 2 N–H and O–H groups in total. The molecule has 1 amide bonds. The molecule has 0 aliphatic carbocycles. The van der Waals surface area contributed by atoms with E-state index in [-0.39, 0.29) is 17.9 Å². The van der Waals surface area contributed by atoms with Crippen molar-refractivity contribution in [1.29, 1.82) is 0 Å². The van der Waals surface area contributed by atoms with Crippen LogP contribution < -0.4 is 5.32 Å². The Hall–Kier alpha value is -1.40. The summed E-state index contributed by atoms with van der Waals surface area (Å²) in [5.41, 5.74) is 0.932. The summed E-state index contributed by atoms with van der Waals surface area (Å²) in [5.74, 6) is 1.12. The molecule has 124 valence electrons. The van der Waals surface area contributed by atoms with Gasteiger partial charge < -0.3 is 10.4 Å². The van der Waals surface area contributed by atoms with Gasteiger partial charge >= 0.3 is 0 Å². The number of aliphatic hydroxyl groups excluding tert-OH is 1. The number of anilines is 1. The Labute approximate surface area is 132 Å². The van der Waals surface area contributed by atoms with Crippen LogP contribution in [0.15, 0.2) is 6.07 Å². The number of hydrogen-bond donors (Lipinski definition) is 2. The van der Waals surface area contributed by atoms with Crippen molar-refractivity contribution < 1.29 is 9.90 Å². The van der Waals surface area contributed by atoms with Crippen LogP contribution in [0.1, 0.15) is 39.3 Å². The van der Waals surface area contributed by atoms with Crippen molar-refractivity contribution in [2.45, 2.75) is 39.0 Å². The zero-order chi connectivity index (χ0) is 16.3. The Bertz CT molecular complexity index is 511. The first kappa shape index (κ1) is 17.0. The number of aromatic nitrogens is 2. The molecule has 0 aromatic carbocycles. The minimum Gasteiger partial charge on any atom is -0.396 e. The predicted molar refractivity (Wildman–Crippen MR) is 86.8 cm³/mol. The van der Waals surface area contributed by atoms with E-state index in [1.165, 1.54) is 0 Å². The molecule has 0 bridgehead atoms. The van der Waals surface area contributed by atoms with Gasteiger partial charge in [0.05, 0.1) is 12.2 Å². The molecule has 1 saturated heterocycles. The third kappa shape index (κ3) is 4.30. The lowest BCUT2D eigenvalue weighted by Crippen LogP contribution is -2.40. The van der Waals surface area contributed by atoms with Crippen LogP contribution in [-0.2, 0) is 17.3 Å². The summed E-state index contributed by atoms with van der Waals surface area (Å²) in [6.07, 6.45) is 1.92. The summed E-state index contributed by atoms with van der Waals surface area (Å²) >= 11 is 0. The van der Waals surface area contributed by atoms with Crippen LogP contribution in [0.4, 0.5) is 5.82 Å². The van der Waals surface area contributed by atoms with Gasteiger partial charge in [0, 0.05) is 25.1 Å². The molecule has 0 unspecified atom stereocenters. The summed E-state index contributed by atoms with van der Waals surface area (Å²) in [6.45, 7) is 8.71. The first-order valence-electron chi connectivity index (χ1n) is 7.97. The van der Waals surface area contributed by atoms with Crippen LogP contribution in [0, 0.1) is 5.92 Å². The molecule has 0 saturated carbocycles. The normalized spacial score (nSPS) is 17.7. The average molecular weight is 308 g/mol. The summed E-state index contributed by atoms with van der Waals surface area (Å²) in [6, 6.07) is 1.94. The van der Waals surface area contributed by atoms with Gasteiger partial charge in [0.25, 0.3) is 0 Å². The highest BCUT2D eigenvalue weighted by molar-refractivity contribution is 5.91. The Kier molecular flexibility index (Phi) is 5.24. The van der Waals surface area contributed by atoms with E-state index in [4.69, 9.17) is 5.11 Å². The van der Waals surface area contributed by atoms with Crippen molar-refractivity contribution >= 4 is 11.7 Å². The molecule has 1 fully saturated rings. The van der Waals surface area contributed by atoms with E-state index in [9.17, 15) is 4.79 Å². The minimum atomic E-state index is -0.0348. The molecule has 1 aromatic rings. The van der Waals surface area contributed by atoms with Crippen molar-refractivity contribution in [1.82, 2.24) is 14.7 Å². The van der Waals surface area contributed by atoms with Gasteiger partial charge in [-0.1, -0.05) is 20.8 Å². The summed E-state index contributed by atoms with van der Waals surface area (Å²) in [4.78, 5) is 14.3. The lowest BCUT2D eigenvalue weighted by molar-refractivity contribution is -0.117. The van der Waals surface area contributed by atoms with Gasteiger partial charge in [0.2, 0.25) is 5.91 Å². The molecule has 22 heavy (non-hydrogen) atoms. The Balaban J connectivity index is 1.89. The van der Waals surface area contributed by atoms with Crippen molar-refractivity contribution in [2.24, 2.45) is 13.0 Å². The Morgan fingerprint density at radius 1 is 1.41 bits per heavy atom. The smallest absolute Gasteiger partial charge is 0.239 e. The molecule has 2 rings (SSSR count). The summed E-state index contributed by atoms with van der Waals surface area (Å²) in [5, 5.41) is 16.6. The van der Waals surface area contributed by atoms with Crippen molar-refractivity contribution in [3.8, 4) is 0 Å². The van der Waals surface area contributed by atoms with Crippen LogP contribution in [0.3, 0.4) is 0 Å². The molecule has 6 heteroatoms. The molecule has 2 heterocycles. The monoisotopic (exact) mass is 308 g/mol. The predicted octanol–water partition coefficient (Wildman–Crippen LogP) is 1.36. The fourth-order valence-electron chi connectivity index (χ4n) is 2.66. The number of rotatable bonds is 4. The van der Waals surface area contributed by atoms with Gasteiger partial charge in [-0.05, 0) is 31.8 Å². The number of aryl methyl sites for hydroxylation is 1. The fraction of sp³-hybridized carbons (Fsp3) is 0.750. The van der Waals surface area contributed by atoms with E-state index in [2.05, 4.69) is 36.1 Å². The average Bonchev–Trinajstić information content (AvgIpc) is 2.81. The standard InChI is InChI=1S/C16H28N4O2/c1-16(2,3)13-9-14(19(4)18-13)17-15(22)10-20-7-5-12(11-21)6-8-20/h9,12,21H,5-8,10-11H2,1-4H3,(H,17,22). The van der Waals surface area contributed by atoms with Gasteiger partial charge in [-0.2, -0.15) is 5.10 Å². The van der Waals surface area contributed by atoms with Crippen molar-refractivity contribution in [2.75, 3.05) is 31.6 Å². The number of carbonyl (C=O) groups excluding carboxylic acids is 1. The second-order valence-corrected chi connectivity index (χ2v) is 7.24. The summed E-state index contributed by atoms with van der Waals surface area (Å²) in [7, 11) is 1.84. The maximum atomic E-state index is 12.2. The van der Waals surface area contributed by atoms with Crippen LogP contribution in [0.25, 0.3) is 0 Å². The van der Waals surface area contributed by atoms with E-state index >= 15 is 0 Å². The maximum Gasteiger partial charge on any atom is 0.239 e. The van der Waals surface area contributed by atoms with E-state index < -0.39 is 0 Å². The summed E-state index contributed by atoms with van der Waals surface area (Å²) < 4.78 is 1.72. The third-order valence-electron chi connectivity index (χ3n) is 4.25. The van der Waals surface area contributed by atoms with Crippen LogP contribution in [0.2, 0.25) is 0 Å². The zero-order valence-corrected chi connectivity index (χ0v) is 14.1. The minimum absolute atomic E-state index is 0.00842. The van der Waals surface area contributed by atoms with E-state index in [0.717, 1.165) is 37.4 Å². The number of carbonyl (C=O) groups is 1. The lowest BCUT2D eigenvalue weighted by atomic mass is 9.92. The van der Waals surface area contributed by atoms with Crippen LogP contribution in [-0.4, -0.2) is 51.9 Å². The maximum absolute atomic E-state index is 12.2. The topological polar surface area (TPSA) is 70.4 Å². The SMILES string of the molecule is Cn1nc(C(C)(C)C)cc1NC(=O)CN1CCC(CO)CC1. The lowest BCUT2D eigenvalue weighted by Gasteiger charge is -2.30. The van der Waals surface area contributed by atoms with Crippen LogP contribution in [0.5, 0.6) is 0 Å². The fourth-order valence-corrected chi connectivity index (χ4v) is 2.66. The number of aliphatic hydroxyl groups is 1. The molecule has 6 nitrogen and oxygen atoms in total. The van der Waals surface area contributed by atoms with E-state index in [1.54, 1.807) is 4.68 Å². The molecule has 0 atom stereocenters. The second kappa shape index (κ2) is 6.79. The first-order valence-corrected chi connectivity index (χ1v) is 7.97. The highest BCUT2D eigenvalue weighted by Gasteiger charge is 2.22. The zero-order valence-electron chi connectivity index (χ0n) is 14.1. The van der Waals surface area contributed by atoms with Crippen molar-refractivity contribution in [3.05, 3.63) is 11.8 Å². The second-order valence-electron chi connectivity index (χ2n) is 7.24. The van der Waals surface area contributed by atoms with Crippen LogP contribution >= 0.6 is 0 Å². The van der Waals surface area contributed by atoms with Gasteiger partial charge in [0.15, 0.2) is 0 Å². The molecule has 1 aliphatic rings. The van der Waals surface area contributed by atoms with Gasteiger partial charge in [0.1, 0.15) is 5.82 Å². The quantitative estimate of drug-likeness (QED) is 0.881. The molecule has 0 radical (unpaired) electrons. The number of amides is 1. The Morgan fingerprint density at radius 3 is 2.55 bits per heavy atom. The van der Waals surface area contributed by atoms with E-state index in [1.807, 2.05) is 13.1 Å². The molecular weight excluding hydrogens is 280 g/mol. The number of piperidine rings is 1. The van der Waals surface area contributed by atoms with Gasteiger partial charge in [-0.25, -0.2) is 0 Å². The van der Waals surface area contributed by atoms with Gasteiger partial charge in [-0.15, -0.1) is 0 Å². The van der Waals surface area contributed by atoms with Gasteiger partial charge in [-0.3, -0.25) is 14.4 Å². The number of likely N-dealkylation sites (tertiary alicyclic amines) is 1. The van der Waals surface area contributed by atoms with Crippen molar-refractivity contribution in [3.63, 3.8) is 0 Å². The first-order chi connectivity index (χ1) is 10.3. The molecule has 1 aliphatic heterocycles.